The number of hydrogen-bond acceptors (Lipinski definition) is 4. The maximum atomic E-state index is 11.7. The SMILES string of the molecule is Cc1ccc(C)c(Sc2ccc(NC(=O)CCS(C)(=O)=O)cc2)c1. The van der Waals surface area contributed by atoms with Crippen LogP contribution in [0.25, 0.3) is 0 Å². The molecule has 0 aliphatic rings. The number of benzene rings is 2. The number of anilines is 1. The molecule has 2 rings (SSSR count). The molecular weight excluding hydrogens is 342 g/mol. The number of sulfone groups is 1. The molecule has 6 heteroatoms. The van der Waals surface area contributed by atoms with Crippen molar-refractivity contribution in [1.82, 2.24) is 0 Å². The zero-order valence-corrected chi connectivity index (χ0v) is 15.6. The maximum absolute atomic E-state index is 11.7. The minimum Gasteiger partial charge on any atom is -0.326 e. The molecule has 1 amide bonds. The zero-order chi connectivity index (χ0) is 17.7. The monoisotopic (exact) mass is 363 g/mol. The fourth-order valence-electron chi connectivity index (χ4n) is 2.05. The molecule has 0 spiro atoms. The quantitative estimate of drug-likeness (QED) is 0.847. The van der Waals surface area contributed by atoms with E-state index in [-0.39, 0.29) is 18.1 Å². The van der Waals surface area contributed by atoms with Crippen LogP contribution in [0, 0.1) is 13.8 Å². The van der Waals surface area contributed by atoms with E-state index in [1.807, 2.05) is 24.3 Å². The number of carbonyl (C=O) groups excluding carboxylic acids is 1. The standard InChI is InChI=1S/C18H21NO3S2/c1-13-4-5-14(2)17(12-13)23-16-8-6-15(7-9-16)19-18(20)10-11-24(3,21)22/h4-9,12H,10-11H2,1-3H3,(H,19,20). The first-order valence-corrected chi connectivity index (χ1v) is 10.4. The zero-order valence-electron chi connectivity index (χ0n) is 14.0. The second-order valence-electron chi connectivity index (χ2n) is 5.82. The van der Waals surface area contributed by atoms with Crippen LogP contribution in [0.5, 0.6) is 0 Å². The van der Waals surface area contributed by atoms with Crippen molar-refractivity contribution in [2.75, 3.05) is 17.3 Å². The number of carbonyl (C=O) groups is 1. The van der Waals surface area contributed by atoms with Crippen molar-refractivity contribution in [3.63, 3.8) is 0 Å². The molecule has 0 aliphatic heterocycles. The number of rotatable bonds is 6. The minimum absolute atomic E-state index is 0.0299. The third-order valence-electron chi connectivity index (χ3n) is 3.41. The van der Waals surface area contributed by atoms with Crippen LogP contribution in [0.1, 0.15) is 17.5 Å². The Hall–Kier alpha value is -1.79. The van der Waals surface area contributed by atoms with Crippen LogP contribution in [-0.4, -0.2) is 26.3 Å². The Labute approximate surface area is 147 Å². The van der Waals surface area contributed by atoms with Gasteiger partial charge in [-0.25, -0.2) is 8.42 Å². The lowest BCUT2D eigenvalue weighted by Crippen LogP contribution is -2.16. The highest BCUT2D eigenvalue weighted by Gasteiger charge is 2.08. The van der Waals surface area contributed by atoms with E-state index >= 15 is 0 Å². The van der Waals surface area contributed by atoms with E-state index in [9.17, 15) is 13.2 Å². The first-order chi connectivity index (χ1) is 11.2. The molecule has 2 aromatic rings. The Balaban J connectivity index is 1.98. The summed E-state index contributed by atoms with van der Waals surface area (Å²) in [6.07, 6.45) is 1.09. The molecule has 0 aromatic heterocycles. The minimum atomic E-state index is -3.12. The van der Waals surface area contributed by atoms with Crippen molar-refractivity contribution in [3.8, 4) is 0 Å². The summed E-state index contributed by atoms with van der Waals surface area (Å²) in [5.41, 5.74) is 3.11. The van der Waals surface area contributed by atoms with Gasteiger partial charge >= 0.3 is 0 Å². The van der Waals surface area contributed by atoms with Crippen molar-refractivity contribution in [2.45, 2.75) is 30.1 Å². The van der Waals surface area contributed by atoms with E-state index in [1.165, 1.54) is 16.0 Å². The largest absolute Gasteiger partial charge is 0.326 e. The first-order valence-electron chi connectivity index (χ1n) is 7.56. The van der Waals surface area contributed by atoms with Gasteiger partial charge in [-0.15, -0.1) is 0 Å². The molecule has 0 radical (unpaired) electrons. The van der Waals surface area contributed by atoms with Gasteiger partial charge in [0, 0.05) is 28.2 Å². The van der Waals surface area contributed by atoms with Crippen LogP contribution >= 0.6 is 11.8 Å². The highest BCUT2D eigenvalue weighted by molar-refractivity contribution is 7.99. The number of aryl methyl sites for hydroxylation is 2. The van der Waals surface area contributed by atoms with Crippen LogP contribution in [0.2, 0.25) is 0 Å². The van der Waals surface area contributed by atoms with Crippen LogP contribution in [-0.2, 0) is 14.6 Å². The Morgan fingerprint density at radius 2 is 1.75 bits per heavy atom. The topological polar surface area (TPSA) is 63.2 Å². The van der Waals surface area contributed by atoms with Crippen molar-refractivity contribution >= 4 is 33.2 Å². The number of hydrogen-bond donors (Lipinski definition) is 1. The molecule has 2 aromatic carbocycles. The molecule has 1 N–H and O–H groups in total. The molecule has 24 heavy (non-hydrogen) atoms. The van der Waals surface area contributed by atoms with Crippen molar-refractivity contribution in [2.24, 2.45) is 0 Å². The lowest BCUT2D eigenvalue weighted by molar-refractivity contribution is -0.115. The summed E-state index contributed by atoms with van der Waals surface area (Å²) < 4.78 is 22.2. The molecule has 0 bridgehead atoms. The van der Waals surface area contributed by atoms with E-state index in [4.69, 9.17) is 0 Å². The molecule has 0 saturated heterocycles. The molecule has 0 fully saturated rings. The third kappa shape index (κ3) is 6.02. The lowest BCUT2D eigenvalue weighted by Gasteiger charge is -2.08. The number of nitrogens with one attached hydrogen (secondary N) is 1. The molecule has 0 atom stereocenters. The molecule has 4 nitrogen and oxygen atoms in total. The first kappa shape index (κ1) is 18.5. The van der Waals surface area contributed by atoms with Crippen molar-refractivity contribution in [1.29, 1.82) is 0 Å². The summed E-state index contributed by atoms with van der Waals surface area (Å²) >= 11 is 1.68. The van der Waals surface area contributed by atoms with E-state index in [0.717, 1.165) is 11.2 Å². The Morgan fingerprint density at radius 3 is 2.38 bits per heavy atom. The van der Waals surface area contributed by atoms with Gasteiger partial charge in [0.05, 0.1) is 5.75 Å². The Morgan fingerprint density at radius 1 is 1.08 bits per heavy atom. The van der Waals surface area contributed by atoms with Gasteiger partial charge in [-0.3, -0.25) is 4.79 Å². The summed E-state index contributed by atoms with van der Waals surface area (Å²) in [6.45, 7) is 4.15. The highest BCUT2D eigenvalue weighted by atomic mass is 32.2. The lowest BCUT2D eigenvalue weighted by atomic mass is 10.2. The summed E-state index contributed by atoms with van der Waals surface area (Å²) in [7, 11) is -3.12. The summed E-state index contributed by atoms with van der Waals surface area (Å²) in [5.74, 6) is -0.435. The molecular formula is C18H21NO3S2. The average molecular weight is 364 g/mol. The van der Waals surface area contributed by atoms with Gasteiger partial charge in [0.15, 0.2) is 0 Å². The summed E-state index contributed by atoms with van der Waals surface area (Å²) in [6, 6.07) is 13.9. The van der Waals surface area contributed by atoms with Gasteiger partial charge in [0.1, 0.15) is 9.84 Å². The molecule has 0 unspecified atom stereocenters. The second kappa shape index (κ2) is 7.85. The summed E-state index contributed by atoms with van der Waals surface area (Å²) in [5, 5.41) is 2.71. The van der Waals surface area contributed by atoms with Gasteiger partial charge in [-0.2, -0.15) is 0 Å². The molecule has 0 saturated carbocycles. The average Bonchev–Trinajstić information content (AvgIpc) is 2.50. The number of amides is 1. The second-order valence-corrected chi connectivity index (χ2v) is 9.20. The van der Waals surface area contributed by atoms with Gasteiger partial charge in [0.25, 0.3) is 0 Å². The predicted molar refractivity (Wildman–Crippen MR) is 99.4 cm³/mol. The van der Waals surface area contributed by atoms with Gasteiger partial charge in [-0.1, -0.05) is 23.9 Å². The molecule has 0 aliphatic carbocycles. The highest BCUT2D eigenvalue weighted by Crippen LogP contribution is 2.31. The van der Waals surface area contributed by atoms with Gasteiger partial charge in [-0.05, 0) is 55.3 Å². The van der Waals surface area contributed by atoms with Gasteiger partial charge < -0.3 is 5.32 Å². The summed E-state index contributed by atoms with van der Waals surface area (Å²) in [4.78, 5) is 14.0. The normalized spacial score (nSPS) is 11.3. The Bertz CT molecular complexity index is 828. The fourth-order valence-corrected chi connectivity index (χ4v) is 3.61. The van der Waals surface area contributed by atoms with E-state index in [2.05, 4.69) is 37.4 Å². The maximum Gasteiger partial charge on any atom is 0.225 e. The van der Waals surface area contributed by atoms with E-state index in [1.54, 1.807) is 11.8 Å². The van der Waals surface area contributed by atoms with Crippen LogP contribution in [0.3, 0.4) is 0 Å². The van der Waals surface area contributed by atoms with E-state index in [0.29, 0.717) is 5.69 Å². The smallest absolute Gasteiger partial charge is 0.225 e. The van der Waals surface area contributed by atoms with Crippen LogP contribution in [0.15, 0.2) is 52.3 Å². The van der Waals surface area contributed by atoms with E-state index < -0.39 is 9.84 Å². The predicted octanol–water partition coefficient (Wildman–Crippen LogP) is 3.83. The third-order valence-corrected chi connectivity index (χ3v) is 5.52. The molecule has 128 valence electrons. The van der Waals surface area contributed by atoms with Gasteiger partial charge in [0.2, 0.25) is 5.91 Å². The van der Waals surface area contributed by atoms with Crippen molar-refractivity contribution in [3.05, 3.63) is 53.6 Å². The van der Waals surface area contributed by atoms with Crippen LogP contribution < -0.4 is 5.32 Å². The fraction of sp³-hybridized carbons (Fsp3) is 0.278. The Kier molecular flexibility index (Phi) is 6.07. The molecule has 0 heterocycles. The van der Waals surface area contributed by atoms with Crippen molar-refractivity contribution < 1.29 is 13.2 Å². The van der Waals surface area contributed by atoms with Crippen LogP contribution in [0.4, 0.5) is 5.69 Å².